The molecule has 2 aromatic heterocycles. The minimum Gasteiger partial charge on any atom is -0.398 e. The summed E-state index contributed by atoms with van der Waals surface area (Å²) in [7, 11) is 0. The summed E-state index contributed by atoms with van der Waals surface area (Å²) in [6.45, 7) is 9.58. The molecule has 0 spiro atoms. The van der Waals surface area contributed by atoms with Crippen LogP contribution in [0.3, 0.4) is 0 Å². The summed E-state index contributed by atoms with van der Waals surface area (Å²) in [5.41, 5.74) is 9.80. The number of likely N-dealkylation sites (N-methyl/N-ethyl adjacent to an activating group) is 1. The highest BCUT2D eigenvalue weighted by Gasteiger charge is 2.33. The van der Waals surface area contributed by atoms with Crippen LogP contribution in [0.4, 0.5) is 5.69 Å². The second-order valence-corrected chi connectivity index (χ2v) is 9.26. The first-order valence-electron chi connectivity index (χ1n) is 11.3. The predicted molar refractivity (Wildman–Crippen MR) is 134 cm³/mol. The van der Waals surface area contributed by atoms with Gasteiger partial charge in [-0.2, -0.15) is 0 Å². The molecule has 7 nitrogen and oxygen atoms in total. The number of thiazole rings is 1. The SMILES string of the molecule is CCN(CC)C1CCN(C(=O)c2nc(C(=N)c3cccc(C)c3N)sc2-c2cccnc2)C1. The van der Waals surface area contributed by atoms with Gasteiger partial charge in [0, 0.05) is 48.3 Å². The topological polar surface area (TPSA) is 99.2 Å². The average Bonchev–Trinajstić information content (AvgIpc) is 3.50. The van der Waals surface area contributed by atoms with Gasteiger partial charge in [-0.15, -0.1) is 11.3 Å². The summed E-state index contributed by atoms with van der Waals surface area (Å²) in [5.74, 6) is -0.0870. The number of pyridine rings is 1. The Morgan fingerprint density at radius 1 is 1.27 bits per heavy atom. The Morgan fingerprint density at radius 3 is 2.76 bits per heavy atom. The molecule has 1 saturated heterocycles. The van der Waals surface area contributed by atoms with E-state index in [-0.39, 0.29) is 11.6 Å². The Bertz CT molecular complexity index is 1150. The number of benzene rings is 1. The van der Waals surface area contributed by atoms with Crippen LogP contribution in [0.1, 0.15) is 46.9 Å². The van der Waals surface area contributed by atoms with Crippen molar-refractivity contribution < 1.29 is 4.79 Å². The van der Waals surface area contributed by atoms with E-state index in [1.165, 1.54) is 11.3 Å². The number of para-hydroxylation sites is 1. The summed E-state index contributed by atoms with van der Waals surface area (Å²) in [6.07, 6.45) is 4.40. The van der Waals surface area contributed by atoms with Gasteiger partial charge in [-0.25, -0.2) is 4.98 Å². The molecule has 0 saturated carbocycles. The first kappa shape index (κ1) is 23.1. The summed E-state index contributed by atoms with van der Waals surface area (Å²) in [6, 6.07) is 9.77. The maximum absolute atomic E-state index is 13.6. The third kappa shape index (κ3) is 4.54. The summed E-state index contributed by atoms with van der Waals surface area (Å²) in [5, 5.41) is 9.27. The number of carbonyl (C=O) groups excluding carboxylic acids is 1. The highest BCUT2D eigenvalue weighted by atomic mass is 32.1. The first-order chi connectivity index (χ1) is 15.9. The number of amides is 1. The molecule has 1 unspecified atom stereocenters. The number of rotatable bonds is 7. The van der Waals surface area contributed by atoms with Gasteiger partial charge < -0.3 is 10.6 Å². The lowest BCUT2D eigenvalue weighted by Gasteiger charge is -2.26. The van der Waals surface area contributed by atoms with E-state index in [1.54, 1.807) is 12.4 Å². The monoisotopic (exact) mass is 462 g/mol. The second kappa shape index (κ2) is 9.80. The molecule has 3 aromatic rings. The predicted octanol–water partition coefficient (Wildman–Crippen LogP) is 4.07. The van der Waals surface area contributed by atoms with Crippen molar-refractivity contribution >= 4 is 28.6 Å². The van der Waals surface area contributed by atoms with Crippen LogP contribution >= 0.6 is 11.3 Å². The number of hydrogen-bond donors (Lipinski definition) is 2. The summed E-state index contributed by atoms with van der Waals surface area (Å²) < 4.78 is 0. The van der Waals surface area contributed by atoms with E-state index in [1.807, 2.05) is 42.2 Å². The lowest BCUT2D eigenvalue weighted by molar-refractivity contribution is 0.0773. The van der Waals surface area contributed by atoms with Gasteiger partial charge in [-0.3, -0.25) is 20.1 Å². The van der Waals surface area contributed by atoms with Crippen LogP contribution in [0.5, 0.6) is 0 Å². The number of hydrogen-bond acceptors (Lipinski definition) is 7. The zero-order chi connectivity index (χ0) is 23.5. The van der Waals surface area contributed by atoms with Crippen molar-refractivity contribution in [1.82, 2.24) is 19.8 Å². The number of likely N-dealkylation sites (tertiary alicyclic amines) is 1. The van der Waals surface area contributed by atoms with E-state index in [0.717, 1.165) is 35.5 Å². The molecule has 0 aliphatic carbocycles. The number of nitrogens with two attached hydrogens (primary N) is 1. The fourth-order valence-electron chi connectivity index (χ4n) is 4.39. The number of aromatic nitrogens is 2. The number of anilines is 1. The molecule has 0 bridgehead atoms. The largest absolute Gasteiger partial charge is 0.398 e. The van der Waals surface area contributed by atoms with Crippen molar-refractivity contribution in [2.45, 2.75) is 33.2 Å². The Hall–Kier alpha value is -3.10. The van der Waals surface area contributed by atoms with E-state index in [2.05, 4.69) is 23.7 Å². The molecule has 1 aliphatic rings. The fourth-order valence-corrected chi connectivity index (χ4v) is 5.40. The molecule has 0 radical (unpaired) electrons. The Morgan fingerprint density at radius 2 is 2.06 bits per heavy atom. The Balaban J connectivity index is 1.70. The first-order valence-corrected chi connectivity index (χ1v) is 12.1. The smallest absolute Gasteiger partial charge is 0.274 e. The van der Waals surface area contributed by atoms with E-state index in [4.69, 9.17) is 16.1 Å². The van der Waals surface area contributed by atoms with Crippen molar-refractivity contribution in [3.63, 3.8) is 0 Å². The zero-order valence-corrected chi connectivity index (χ0v) is 20.2. The molecule has 4 rings (SSSR count). The van der Waals surface area contributed by atoms with Gasteiger partial charge in [0.15, 0.2) is 0 Å². The molecule has 1 atom stereocenters. The summed E-state index contributed by atoms with van der Waals surface area (Å²) >= 11 is 1.34. The Labute approximate surface area is 198 Å². The van der Waals surface area contributed by atoms with Gasteiger partial charge in [0.25, 0.3) is 5.91 Å². The van der Waals surface area contributed by atoms with Crippen molar-refractivity contribution in [1.29, 1.82) is 5.41 Å². The normalized spacial score (nSPS) is 15.9. The van der Waals surface area contributed by atoms with E-state index in [9.17, 15) is 4.79 Å². The van der Waals surface area contributed by atoms with Crippen LogP contribution in [0.2, 0.25) is 0 Å². The van der Waals surface area contributed by atoms with E-state index < -0.39 is 0 Å². The van der Waals surface area contributed by atoms with Crippen molar-refractivity contribution in [2.24, 2.45) is 0 Å². The van der Waals surface area contributed by atoms with Crippen molar-refractivity contribution in [3.05, 3.63) is 64.6 Å². The van der Waals surface area contributed by atoms with Crippen LogP contribution in [-0.2, 0) is 0 Å². The molecule has 172 valence electrons. The van der Waals surface area contributed by atoms with Gasteiger partial charge in [0.05, 0.1) is 10.6 Å². The molecule has 33 heavy (non-hydrogen) atoms. The number of aryl methyl sites for hydroxylation is 1. The number of nitrogens with one attached hydrogen (secondary N) is 1. The van der Waals surface area contributed by atoms with Crippen LogP contribution in [0.25, 0.3) is 10.4 Å². The van der Waals surface area contributed by atoms with Gasteiger partial charge >= 0.3 is 0 Å². The number of carbonyl (C=O) groups is 1. The maximum Gasteiger partial charge on any atom is 0.274 e. The molecule has 8 heteroatoms. The van der Waals surface area contributed by atoms with Gasteiger partial charge in [0.1, 0.15) is 10.7 Å². The van der Waals surface area contributed by atoms with Crippen LogP contribution in [0.15, 0.2) is 42.7 Å². The molecule has 1 aliphatic heterocycles. The van der Waals surface area contributed by atoms with Crippen LogP contribution in [-0.4, -0.2) is 63.6 Å². The third-order valence-electron chi connectivity index (χ3n) is 6.34. The zero-order valence-electron chi connectivity index (χ0n) is 19.3. The van der Waals surface area contributed by atoms with Crippen LogP contribution < -0.4 is 5.73 Å². The summed E-state index contributed by atoms with van der Waals surface area (Å²) in [4.78, 5) is 27.6. The highest BCUT2D eigenvalue weighted by molar-refractivity contribution is 7.17. The number of nitrogen functional groups attached to an aromatic ring is 1. The molecule has 1 aromatic carbocycles. The maximum atomic E-state index is 13.6. The molecular weight excluding hydrogens is 432 g/mol. The van der Waals surface area contributed by atoms with E-state index >= 15 is 0 Å². The van der Waals surface area contributed by atoms with Gasteiger partial charge in [-0.1, -0.05) is 38.1 Å². The van der Waals surface area contributed by atoms with Crippen LogP contribution in [0, 0.1) is 12.3 Å². The quantitative estimate of drug-likeness (QED) is 0.407. The highest BCUT2D eigenvalue weighted by Crippen LogP contribution is 2.33. The van der Waals surface area contributed by atoms with E-state index in [0.29, 0.717) is 41.1 Å². The molecular formula is C25H30N6OS. The van der Waals surface area contributed by atoms with Crippen molar-refractivity contribution in [2.75, 3.05) is 31.9 Å². The lowest BCUT2D eigenvalue weighted by Crippen LogP contribution is -2.38. The third-order valence-corrected chi connectivity index (χ3v) is 7.46. The second-order valence-electron chi connectivity index (χ2n) is 8.26. The minimum absolute atomic E-state index is 0.0870. The van der Waals surface area contributed by atoms with Gasteiger partial charge in [0.2, 0.25) is 0 Å². The lowest BCUT2D eigenvalue weighted by atomic mass is 10.0. The van der Waals surface area contributed by atoms with Gasteiger partial charge in [-0.05, 0) is 38.1 Å². The molecule has 1 amide bonds. The average molecular weight is 463 g/mol. The molecule has 3 heterocycles. The number of nitrogens with zero attached hydrogens (tertiary/aromatic N) is 4. The fraction of sp³-hybridized carbons (Fsp3) is 0.360. The molecule has 3 N–H and O–H groups in total. The minimum atomic E-state index is -0.0870. The van der Waals surface area contributed by atoms with Crippen molar-refractivity contribution in [3.8, 4) is 10.4 Å². The molecule has 1 fully saturated rings. The Kier molecular flexibility index (Phi) is 6.85. The standard InChI is InChI=1S/C25H30N6OS/c1-4-30(5-2)18-11-13-31(15-18)25(32)22-23(17-9-7-12-28-14-17)33-24(29-22)21(27)19-10-6-8-16(3)20(19)26/h6-10,12,14,18,27H,4-5,11,13,15,26H2,1-3H3.